The van der Waals surface area contributed by atoms with Crippen molar-refractivity contribution in [3.8, 4) is 0 Å². The summed E-state index contributed by atoms with van der Waals surface area (Å²) < 4.78 is 1.76. The Labute approximate surface area is 157 Å². The number of hydrogen-bond acceptors (Lipinski definition) is 3. The van der Waals surface area contributed by atoms with E-state index in [0.717, 1.165) is 41.9 Å². The van der Waals surface area contributed by atoms with Crippen LogP contribution in [-0.4, -0.2) is 15.6 Å². The Morgan fingerprint density at radius 1 is 1.00 bits per heavy atom. The number of urea groups is 1. The van der Waals surface area contributed by atoms with E-state index in [2.05, 4.69) is 15.6 Å². The molecule has 0 aliphatic carbocycles. The van der Waals surface area contributed by atoms with Crippen LogP contribution < -0.4 is 16.2 Å². The lowest BCUT2D eigenvalue weighted by molar-refractivity contribution is 0.262. The molecule has 0 radical (unpaired) electrons. The van der Waals surface area contributed by atoms with Crippen molar-refractivity contribution in [3.63, 3.8) is 0 Å². The van der Waals surface area contributed by atoms with Gasteiger partial charge in [-0.3, -0.25) is 9.36 Å². The highest BCUT2D eigenvalue weighted by Crippen LogP contribution is 2.19. The number of carbonyl (C=O) groups is 1. The van der Waals surface area contributed by atoms with Gasteiger partial charge in [-0.2, -0.15) is 0 Å². The van der Waals surface area contributed by atoms with Gasteiger partial charge in [-0.25, -0.2) is 9.78 Å². The van der Waals surface area contributed by atoms with Crippen LogP contribution in [-0.2, 0) is 13.0 Å². The highest BCUT2D eigenvalue weighted by atomic mass is 16.2. The number of rotatable bonds is 2. The van der Waals surface area contributed by atoms with E-state index < -0.39 is 0 Å². The zero-order valence-electron chi connectivity index (χ0n) is 15.5. The van der Waals surface area contributed by atoms with E-state index in [0.29, 0.717) is 23.1 Å². The lowest BCUT2D eigenvalue weighted by atomic mass is 10.1. The van der Waals surface area contributed by atoms with Gasteiger partial charge in [0.05, 0.1) is 10.9 Å². The Bertz CT molecular complexity index is 1080. The summed E-state index contributed by atoms with van der Waals surface area (Å²) in [4.78, 5) is 29.7. The maximum Gasteiger partial charge on any atom is 0.323 e. The molecule has 6 nitrogen and oxygen atoms in total. The van der Waals surface area contributed by atoms with Gasteiger partial charge in [0.25, 0.3) is 5.56 Å². The number of hydrogen-bond donors (Lipinski definition) is 2. The fraction of sp³-hybridized carbons (Fsp3) is 0.286. The lowest BCUT2D eigenvalue weighted by Crippen LogP contribution is -2.28. The summed E-state index contributed by atoms with van der Waals surface area (Å²) in [7, 11) is 0. The van der Waals surface area contributed by atoms with Gasteiger partial charge in [-0.05, 0) is 68.1 Å². The van der Waals surface area contributed by atoms with Gasteiger partial charge in [0.2, 0.25) is 0 Å². The molecule has 1 aliphatic rings. The predicted molar refractivity (Wildman–Crippen MR) is 107 cm³/mol. The van der Waals surface area contributed by atoms with E-state index in [-0.39, 0.29) is 11.6 Å². The average Bonchev–Trinajstić information content (AvgIpc) is 2.61. The van der Waals surface area contributed by atoms with E-state index >= 15 is 0 Å². The molecule has 2 amide bonds. The zero-order valence-corrected chi connectivity index (χ0v) is 15.5. The maximum atomic E-state index is 12.8. The van der Waals surface area contributed by atoms with Crippen LogP contribution in [0.1, 0.15) is 29.8 Å². The Kier molecular flexibility index (Phi) is 4.39. The summed E-state index contributed by atoms with van der Waals surface area (Å²) in [5.41, 5.74) is 4.11. The number of carbonyl (C=O) groups excluding carboxylic acids is 1. The molecule has 27 heavy (non-hydrogen) atoms. The highest BCUT2D eigenvalue weighted by Gasteiger charge is 2.15. The molecule has 0 saturated heterocycles. The maximum absolute atomic E-state index is 12.8. The second kappa shape index (κ2) is 6.87. The molecule has 2 aromatic carbocycles. The Hall–Kier alpha value is -3.15. The lowest BCUT2D eigenvalue weighted by Gasteiger charge is -2.18. The monoisotopic (exact) mass is 362 g/mol. The summed E-state index contributed by atoms with van der Waals surface area (Å²) in [6, 6.07) is 10.8. The van der Waals surface area contributed by atoms with Crippen LogP contribution in [0.15, 0.2) is 41.2 Å². The van der Waals surface area contributed by atoms with Crippen molar-refractivity contribution < 1.29 is 4.79 Å². The smallest absolute Gasteiger partial charge is 0.308 e. The van der Waals surface area contributed by atoms with Crippen LogP contribution in [0.3, 0.4) is 0 Å². The Balaban J connectivity index is 1.59. The number of nitrogens with one attached hydrogen (secondary N) is 2. The molecule has 1 aromatic heterocycles. The van der Waals surface area contributed by atoms with Crippen LogP contribution in [0.2, 0.25) is 0 Å². The van der Waals surface area contributed by atoms with E-state index in [1.54, 1.807) is 22.8 Å². The van der Waals surface area contributed by atoms with E-state index in [1.165, 1.54) is 0 Å². The minimum absolute atomic E-state index is 0.0342. The van der Waals surface area contributed by atoms with Crippen LogP contribution in [0.5, 0.6) is 0 Å². The van der Waals surface area contributed by atoms with Gasteiger partial charge in [0.1, 0.15) is 5.82 Å². The average molecular weight is 362 g/mol. The molecule has 2 heterocycles. The third-order valence-corrected chi connectivity index (χ3v) is 4.80. The van der Waals surface area contributed by atoms with Crippen LogP contribution in [0.4, 0.5) is 16.2 Å². The number of anilines is 2. The first kappa shape index (κ1) is 17.3. The molecule has 0 saturated carbocycles. The topological polar surface area (TPSA) is 76.0 Å². The molecular formula is C21H22N4O2. The first-order valence-corrected chi connectivity index (χ1v) is 9.19. The zero-order chi connectivity index (χ0) is 19.0. The van der Waals surface area contributed by atoms with E-state index in [4.69, 9.17) is 0 Å². The SMILES string of the molecule is Cc1cc(C)cc(NC(=O)Nc2ccc3nc4n(c(=O)c3c2)CCCC4)c1. The first-order chi connectivity index (χ1) is 13.0. The Morgan fingerprint density at radius 3 is 2.52 bits per heavy atom. The summed E-state index contributed by atoms with van der Waals surface area (Å²) >= 11 is 0. The number of benzene rings is 2. The van der Waals surface area contributed by atoms with Crippen molar-refractivity contribution in [2.24, 2.45) is 0 Å². The molecule has 0 fully saturated rings. The summed E-state index contributed by atoms with van der Waals surface area (Å²) in [5, 5.41) is 6.17. The molecular weight excluding hydrogens is 340 g/mol. The summed E-state index contributed by atoms with van der Waals surface area (Å²) in [5.74, 6) is 0.854. The number of aryl methyl sites for hydroxylation is 3. The number of nitrogens with zero attached hydrogens (tertiary/aromatic N) is 2. The van der Waals surface area contributed by atoms with Gasteiger partial charge in [-0.1, -0.05) is 6.07 Å². The van der Waals surface area contributed by atoms with Gasteiger partial charge >= 0.3 is 6.03 Å². The molecule has 4 rings (SSSR count). The van der Waals surface area contributed by atoms with E-state index in [9.17, 15) is 9.59 Å². The number of aromatic nitrogens is 2. The van der Waals surface area contributed by atoms with Crippen molar-refractivity contribution in [2.75, 3.05) is 10.6 Å². The van der Waals surface area contributed by atoms with Gasteiger partial charge in [-0.15, -0.1) is 0 Å². The van der Waals surface area contributed by atoms with Crippen molar-refractivity contribution >= 4 is 28.3 Å². The second-order valence-electron chi connectivity index (χ2n) is 7.13. The molecule has 0 atom stereocenters. The standard InChI is InChI=1S/C21H22N4O2/c1-13-9-14(2)11-16(10-13)23-21(27)22-15-6-7-18-17(12-15)20(26)25-8-4-3-5-19(25)24-18/h6-7,9-12H,3-5,8H2,1-2H3,(H2,22,23,27). The van der Waals surface area contributed by atoms with E-state index in [1.807, 2.05) is 32.0 Å². The largest absolute Gasteiger partial charge is 0.323 e. The van der Waals surface area contributed by atoms with Crippen molar-refractivity contribution in [1.82, 2.24) is 9.55 Å². The van der Waals surface area contributed by atoms with Crippen molar-refractivity contribution in [3.05, 3.63) is 63.7 Å². The van der Waals surface area contributed by atoms with Crippen molar-refractivity contribution in [1.29, 1.82) is 0 Å². The first-order valence-electron chi connectivity index (χ1n) is 9.19. The predicted octanol–water partition coefficient (Wildman–Crippen LogP) is 3.99. The van der Waals surface area contributed by atoms with Gasteiger partial charge < -0.3 is 10.6 Å². The van der Waals surface area contributed by atoms with Crippen LogP contribution in [0.25, 0.3) is 10.9 Å². The fourth-order valence-corrected chi connectivity index (χ4v) is 3.66. The van der Waals surface area contributed by atoms with Crippen molar-refractivity contribution in [2.45, 2.75) is 39.7 Å². The highest BCUT2D eigenvalue weighted by molar-refractivity contribution is 6.01. The van der Waals surface area contributed by atoms with Gasteiger partial charge in [0, 0.05) is 24.3 Å². The molecule has 6 heteroatoms. The molecule has 138 valence electrons. The quantitative estimate of drug-likeness (QED) is 0.724. The Morgan fingerprint density at radius 2 is 1.74 bits per heavy atom. The van der Waals surface area contributed by atoms with Crippen LogP contribution >= 0.6 is 0 Å². The molecule has 0 spiro atoms. The second-order valence-corrected chi connectivity index (χ2v) is 7.13. The molecule has 0 unspecified atom stereocenters. The number of fused-ring (bicyclic) bond motifs is 2. The summed E-state index contributed by atoms with van der Waals surface area (Å²) in [6.45, 7) is 4.68. The molecule has 2 N–H and O–H groups in total. The third-order valence-electron chi connectivity index (χ3n) is 4.80. The minimum Gasteiger partial charge on any atom is -0.308 e. The third kappa shape index (κ3) is 3.56. The molecule has 1 aliphatic heterocycles. The van der Waals surface area contributed by atoms with Gasteiger partial charge in [0.15, 0.2) is 0 Å². The normalized spacial score (nSPS) is 13.3. The fourth-order valence-electron chi connectivity index (χ4n) is 3.66. The summed E-state index contributed by atoms with van der Waals surface area (Å²) in [6.07, 6.45) is 2.90. The molecule has 3 aromatic rings. The minimum atomic E-state index is -0.342. The van der Waals surface area contributed by atoms with Crippen LogP contribution in [0, 0.1) is 13.8 Å². The number of amides is 2. The molecule has 0 bridgehead atoms.